The van der Waals surface area contributed by atoms with E-state index in [1.165, 1.54) is 24.0 Å². The number of allylic oxidation sites excluding steroid dienone is 1. The Morgan fingerprint density at radius 3 is 2.13 bits per heavy atom. The van der Waals surface area contributed by atoms with E-state index in [1.807, 2.05) is 0 Å². The molecule has 1 aromatic carbocycles. The fraction of sp³-hybridized carbons (Fsp3) is 0.429. The van der Waals surface area contributed by atoms with E-state index in [0.29, 0.717) is 11.8 Å². The van der Waals surface area contributed by atoms with E-state index in [2.05, 4.69) is 37.8 Å². The van der Waals surface area contributed by atoms with Gasteiger partial charge in [0.1, 0.15) is 0 Å². The summed E-state index contributed by atoms with van der Waals surface area (Å²) in [7, 11) is 0. The van der Waals surface area contributed by atoms with Gasteiger partial charge in [0.15, 0.2) is 0 Å². The molecule has 78 valence electrons. The van der Waals surface area contributed by atoms with Crippen LogP contribution in [0.2, 0.25) is 0 Å². The third-order valence-corrected chi connectivity index (χ3v) is 5.01. The molecule has 1 unspecified atom stereocenters. The average Bonchev–Trinajstić information content (AvgIpc) is 2.70. The van der Waals surface area contributed by atoms with Gasteiger partial charge in [-0.2, -0.15) is 0 Å². The van der Waals surface area contributed by atoms with Crippen molar-refractivity contribution in [2.75, 3.05) is 0 Å². The fourth-order valence-electron chi connectivity index (χ4n) is 3.50. The van der Waals surface area contributed by atoms with Gasteiger partial charge in [-0.25, -0.2) is 0 Å². The second-order valence-corrected chi connectivity index (χ2v) is 5.49. The number of benzene rings is 1. The maximum atomic E-state index is 6.83. The molecule has 2 aliphatic carbocycles. The van der Waals surface area contributed by atoms with Crippen LogP contribution >= 0.6 is 11.6 Å². The van der Waals surface area contributed by atoms with E-state index in [4.69, 9.17) is 11.6 Å². The number of alkyl halides is 1. The summed E-state index contributed by atoms with van der Waals surface area (Å²) in [5, 5.41) is 0. The van der Waals surface area contributed by atoms with Gasteiger partial charge in [-0.05, 0) is 30.9 Å². The minimum Gasteiger partial charge on any atom is -0.113 e. The largest absolute Gasteiger partial charge is 0.113 e. The first-order valence-corrected chi connectivity index (χ1v) is 5.97. The summed E-state index contributed by atoms with van der Waals surface area (Å²) in [6, 6.07) is 8.71. The zero-order valence-electron chi connectivity index (χ0n) is 8.96. The van der Waals surface area contributed by atoms with Gasteiger partial charge in [-0.15, -0.1) is 11.6 Å². The Balaban J connectivity index is 2.20. The van der Waals surface area contributed by atoms with Crippen molar-refractivity contribution >= 4 is 11.6 Å². The van der Waals surface area contributed by atoms with Gasteiger partial charge in [0.05, 0.1) is 4.87 Å². The van der Waals surface area contributed by atoms with Crippen LogP contribution in [-0.4, -0.2) is 4.87 Å². The van der Waals surface area contributed by atoms with Crippen molar-refractivity contribution in [2.24, 2.45) is 0 Å². The third-order valence-electron chi connectivity index (χ3n) is 4.16. The van der Waals surface area contributed by atoms with Crippen LogP contribution in [0.4, 0.5) is 0 Å². The molecule has 2 bridgehead atoms. The Hall–Kier alpha value is -0.750. The molecule has 0 spiro atoms. The minimum absolute atomic E-state index is 0.191. The highest BCUT2D eigenvalue weighted by Crippen LogP contribution is 2.64. The molecule has 0 aliphatic heterocycles. The second kappa shape index (κ2) is 2.89. The van der Waals surface area contributed by atoms with Crippen molar-refractivity contribution in [1.29, 1.82) is 0 Å². The van der Waals surface area contributed by atoms with E-state index in [-0.39, 0.29) is 4.87 Å². The molecule has 0 heterocycles. The van der Waals surface area contributed by atoms with E-state index < -0.39 is 0 Å². The van der Waals surface area contributed by atoms with Crippen LogP contribution < -0.4 is 0 Å². The first-order chi connectivity index (χ1) is 7.15. The van der Waals surface area contributed by atoms with Crippen LogP contribution in [0.5, 0.6) is 0 Å². The summed E-state index contributed by atoms with van der Waals surface area (Å²) < 4.78 is 0. The predicted molar refractivity (Wildman–Crippen MR) is 64.6 cm³/mol. The van der Waals surface area contributed by atoms with Crippen molar-refractivity contribution in [1.82, 2.24) is 0 Å². The van der Waals surface area contributed by atoms with Crippen molar-refractivity contribution < 1.29 is 0 Å². The molecular weight excluding hydrogens is 204 g/mol. The molecule has 3 atom stereocenters. The molecule has 0 nitrogen and oxygen atoms in total. The van der Waals surface area contributed by atoms with E-state index in [0.717, 1.165) is 5.57 Å². The Morgan fingerprint density at radius 2 is 1.73 bits per heavy atom. The van der Waals surface area contributed by atoms with E-state index >= 15 is 0 Å². The van der Waals surface area contributed by atoms with Gasteiger partial charge in [-0.3, -0.25) is 0 Å². The van der Waals surface area contributed by atoms with Crippen LogP contribution in [0.1, 0.15) is 42.7 Å². The maximum absolute atomic E-state index is 6.83. The number of halogens is 1. The molecule has 1 heteroatoms. The second-order valence-electron chi connectivity index (χ2n) is 4.86. The lowest BCUT2D eigenvalue weighted by atomic mass is 9.88. The lowest BCUT2D eigenvalue weighted by Crippen LogP contribution is -2.25. The van der Waals surface area contributed by atoms with Gasteiger partial charge in [0.25, 0.3) is 0 Å². The summed E-state index contributed by atoms with van der Waals surface area (Å²) in [5.41, 5.74) is 4.06. The lowest BCUT2D eigenvalue weighted by Gasteiger charge is -2.28. The molecule has 15 heavy (non-hydrogen) atoms. The highest BCUT2D eigenvalue weighted by atomic mass is 35.5. The monoisotopic (exact) mass is 218 g/mol. The zero-order chi connectivity index (χ0) is 10.6. The molecule has 2 aliphatic rings. The van der Waals surface area contributed by atoms with Crippen LogP contribution in [-0.2, 0) is 0 Å². The van der Waals surface area contributed by atoms with Crippen molar-refractivity contribution in [3.8, 4) is 0 Å². The first-order valence-electron chi connectivity index (χ1n) is 5.59. The van der Waals surface area contributed by atoms with Gasteiger partial charge >= 0.3 is 0 Å². The molecule has 3 rings (SSSR count). The zero-order valence-corrected chi connectivity index (χ0v) is 9.72. The minimum atomic E-state index is -0.191. The molecule has 0 aromatic heterocycles. The highest BCUT2D eigenvalue weighted by Gasteiger charge is 2.56. The SMILES string of the molecule is C=C(C)C1(Cl)[C@@H]2CC[C@H]1c1ccccc12. The first kappa shape index (κ1) is 9.47. The summed E-state index contributed by atoms with van der Waals surface area (Å²) >= 11 is 6.83. The van der Waals surface area contributed by atoms with Crippen molar-refractivity contribution in [2.45, 2.75) is 36.5 Å². The Kier molecular flexibility index (Phi) is 1.82. The summed E-state index contributed by atoms with van der Waals surface area (Å²) in [6.07, 6.45) is 2.44. The van der Waals surface area contributed by atoms with Crippen LogP contribution in [0.3, 0.4) is 0 Å². The predicted octanol–water partition coefficient (Wildman–Crippen LogP) is 4.21. The lowest BCUT2D eigenvalue weighted by molar-refractivity contribution is 0.604. The Labute approximate surface area is 96.0 Å². The molecule has 1 fully saturated rings. The van der Waals surface area contributed by atoms with Gasteiger partial charge in [0, 0.05) is 11.8 Å². The number of rotatable bonds is 1. The molecule has 0 saturated heterocycles. The summed E-state index contributed by atoms with van der Waals surface area (Å²) in [4.78, 5) is -0.191. The number of hydrogen-bond donors (Lipinski definition) is 0. The van der Waals surface area contributed by atoms with E-state index in [1.54, 1.807) is 0 Å². The standard InChI is InChI=1S/C14H15Cl/c1-9(2)14(15)12-7-8-13(14)11-6-4-3-5-10(11)12/h3-6,12-13H,1,7-8H2,2H3/t12-,13+,14?. The molecule has 0 amide bonds. The Morgan fingerprint density at radius 1 is 1.27 bits per heavy atom. The molecular formula is C14H15Cl. The topological polar surface area (TPSA) is 0 Å². The third kappa shape index (κ3) is 0.986. The van der Waals surface area contributed by atoms with Crippen LogP contribution in [0, 0.1) is 0 Å². The van der Waals surface area contributed by atoms with Crippen LogP contribution in [0.15, 0.2) is 36.4 Å². The number of fused-ring (bicyclic) bond motifs is 5. The molecule has 1 aromatic rings. The smallest absolute Gasteiger partial charge is 0.0786 e. The fourth-order valence-corrected chi connectivity index (χ4v) is 3.95. The van der Waals surface area contributed by atoms with Gasteiger partial charge in [-0.1, -0.05) is 36.4 Å². The summed E-state index contributed by atoms with van der Waals surface area (Å²) in [6.45, 7) is 6.17. The van der Waals surface area contributed by atoms with Gasteiger partial charge in [0.2, 0.25) is 0 Å². The number of hydrogen-bond acceptors (Lipinski definition) is 0. The van der Waals surface area contributed by atoms with Crippen molar-refractivity contribution in [3.05, 3.63) is 47.5 Å². The Bertz CT molecular complexity index is 402. The van der Waals surface area contributed by atoms with Crippen LogP contribution in [0.25, 0.3) is 0 Å². The van der Waals surface area contributed by atoms with Crippen molar-refractivity contribution in [3.63, 3.8) is 0 Å². The normalized spacial score (nSPS) is 36.7. The quantitative estimate of drug-likeness (QED) is 0.489. The maximum Gasteiger partial charge on any atom is 0.0786 e. The summed E-state index contributed by atoms with van der Waals surface area (Å²) in [5.74, 6) is 0.996. The molecule has 0 radical (unpaired) electrons. The van der Waals surface area contributed by atoms with Gasteiger partial charge < -0.3 is 0 Å². The van der Waals surface area contributed by atoms with E-state index in [9.17, 15) is 0 Å². The average molecular weight is 219 g/mol. The molecule has 1 saturated carbocycles. The molecule has 0 N–H and O–H groups in total. The highest BCUT2D eigenvalue weighted by molar-refractivity contribution is 6.28.